The van der Waals surface area contributed by atoms with Crippen molar-refractivity contribution in [2.45, 2.75) is 56.5 Å². The largest absolute Gasteiger partial charge is 0.327 e. The van der Waals surface area contributed by atoms with E-state index in [0.29, 0.717) is 0 Å². The van der Waals surface area contributed by atoms with Gasteiger partial charge in [0.15, 0.2) is 0 Å². The molecule has 0 fully saturated rings. The number of pyridine rings is 1. The summed E-state index contributed by atoms with van der Waals surface area (Å²) in [5, 5.41) is 1.06. The van der Waals surface area contributed by atoms with Gasteiger partial charge in [-0.15, -0.1) is 0 Å². The SMILES string of the molecule is CCC(N)Cc1ccc(Sc2cc(C)cc(C)n2)c(C)c1. The molecule has 0 amide bonds. The Morgan fingerprint density at radius 3 is 2.52 bits per heavy atom. The van der Waals surface area contributed by atoms with Crippen molar-refractivity contribution in [3.8, 4) is 0 Å². The zero-order valence-electron chi connectivity index (χ0n) is 13.3. The molecular formula is C18H24N2S. The Morgan fingerprint density at radius 2 is 1.90 bits per heavy atom. The van der Waals surface area contributed by atoms with Crippen molar-refractivity contribution in [3.63, 3.8) is 0 Å². The van der Waals surface area contributed by atoms with Gasteiger partial charge in [0, 0.05) is 16.6 Å². The van der Waals surface area contributed by atoms with Crippen LogP contribution in [-0.4, -0.2) is 11.0 Å². The van der Waals surface area contributed by atoms with Gasteiger partial charge in [-0.2, -0.15) is 0 Å². The van der Waals surface area contributed by atoms with Crippen molar-refractivity contribution in [2.75, 3.05) is 0 Å². The number of aryl methyl sites for hydroxylation is 3. The molecule has 3 heteroatoms. The van der Waals surface area contributed by atoms with Crippen LogP contribution in [0.4, 0.5) is 0 Å². The number of aromatic nitrogens is 1. The lowest BCUT2D eigenvalue weighted by Gasteiger charge is -2.12. The van der Waals surface area contributed by atoms with Gasteiger partial charge in [-0.25, -0.2) is 4.98 Å². The van der Waals surface area contributed by atoms with E-state index in [2.05, 4.69) is 56.1 Å². The van der Waals surface area contributed by atoms with Crippen LogP contribution >= 0.6 is 11.8 Å². The second-order valence-electron chi connectivity index (χ2n) is 5.70. The molecule has 1 aromatic carbocycles. The molecule has 2 rings (SSSR count). The zero-order valence-corrected chi connectivity index (χ0v) is 14.1. The Hall–Kier alpha value is -1.32. The summed E-state index contributed by atoms with van der Waals surface area (Å²) in [7, 11) is 0. The molecule has 2 N–H and O–H groups in total. The minimum Gasteiger partial charge on any atom is -0.327 e. The Bertz CT molecular complexity index is 602. The molecule has 0 aliphatic rings. The van der Waals surface area contributed by atoms with Gasteiger partial charge >= 0.3 is 0 Å². The maximum absolute atomic E-state index is 6.03. The fraction of sp³-hybridized carbons (Fsp3) is 0.389. The third-order valence-corrected chi connectivity index (χ3v) is 4.65. The van der Waals surface area contributed by atoms with Crippen molar-refractivity contribution in [1.82, 2.24) is 4.98 Å². The van der Waals surface area contributed by atoms with Crippen LogP contribution in [0.1, 0.15) is 35.7 Å². The summed E-state index contributed by atoms with van der Waals surface area (Å²) in [6.07, 6.45) is 1.96. The smallest absolute Gasteiger partial charge is 0.101 e. The molecule has 0 saturated carbocycles. The lowest BCUT2D eigenvalue weighted by atomic mass is 10.0. The first kappa shape index (κ1) is 16.1. The molecule has 1 aromatic heterocycles. The average Bonchev–Trinajstić information content (AvgIpc) is 2.40. The molecule has 1 heterocycles. The first-order chi connectivity index (χ1) is 9.97. The van der Waals surface area contributed by atoms with Crippen LogP contribution in [0.5, 0.6) is 0 Å². The molecule has 0 aliphatic heterocycles. The van der Waals surface area contributed by atoms with Gasteiger partial charge < -0.3 is 5.73 Å². The normalized spacial score (nSPS) is 12.4. The molecule has 0 bridgehead atoms. The van der Waals surface area contributed by atoms with Gasteiger partial charge in [0.25, 0.3) is 0 Å². The monoisotopic (exact) mass is 300 g/mol. The molecule has 2 nitrogen and oxygen atoms in total. The molecular weight excluding hydrogens is 276 g/mol. The molecule has 0 saturated heterocycles. The Morgan fingerprint density at radius 1 is 1.14 bits per heavy atom. The Balaban J connectivity index is 2.17. The summed E-state index contributed by atoms with van der Waals surface area (Å²) in [5.74, 6) is 0. The average molecular weight is 300 g/mol. The van der Waals surface area contributed by atoms with E-state index in [-0.39, 0.29) is 6.04 Å². The number of benzene rings is 1. The highest BCUT2D eigenvalue weighted by Gasteiger charge is 2.07. The topological polar surface area (TPSA) is 38.9 Å². The van der Waals surface area contributed by atoms with Crippen LogP contribution in [0.3, 0.4) is 0 Å². The van der Waals surface area contributed by atoms with Gasteiger partial charge in [0.2, 0.25) is 0 Å². The van der Waals surface area contributed by atoms with Crippen molar-refractivity contribution < 1.29 is 0 Å². The van der Waals surface area contributed by atoms with Gasteiger partial charge in [-0.3, -0.25) is 0 Å². The van der Waals surface area contributed by atoms with Crippen LogP contribution in [0.15, 0.2) is 40.3 Å². The second kappa shape index (κ2) is 7.10. The van der Waals surface area contributed by atoms with Crippen LogP contribution < -0.4 is 5.73 Å². The van der Waals surface area contributed by atoms with Gasteiger partial charge in [-0.1, -0.05) is 30.8 Å². The first-order valence-corrected chi connectivity index (χ1v) is 8.28. The van der Waals surface area contributed by atoms with Crippen molar-refractivity contribution >= 4 is 11.8 Å². The lowest BCUT2D eigenvalue weighted by Crippen LogP contribution is -2.21. The van der Waals surface area contributed by atoms with Gasteiger partial charge in [0.1, 0.15) is 5.03 Å². The minimum atomic E-state index is 0.254. The number of rotatable bonds is 5. The van der Waals surface area contributed by atoms with E-state index in [9.17, 15) is 0 Å². The molecule has 0 spiro atoms. The summed E-state index contributed by atoms with van der Waals surface area (Å²) in [6.45, 7) is 8.44. The van der Waals surface area contributed by atoms with E-state index < -0.39 is 0 Å². The van der Waals surface area contributed by atoms with E-state index >= 15 is 0 Å². The Kier molecular flexibility index (Phi) is 5.43. The van der Waals surface area contributed by atoms with Gasteiger partial charge in [-0.05, 0) is 68.5 Å². The van der Waals surface area contributed by atoms with E-state index in [1.54, 1.807) is 11.8 Å². The highest BCUT2D eigenvalue weighted by atomic mass is 32.2. The maximum Gasteiger partial charge on any atom is 0.101 e. The number of nitrogens with zero attached hydrogens (tertiary/aromatic N) is 1. The summed E-state index contributed by atoms with van der Waals surface area (Å²) in [5.41, 5.74) is 11.0. The molecule has 1 atom stereocenters. The Labute approximate surface area is 132 Å². The van der Waals surface area contributed by atoms with Crippen LogP contribution in [-0.2, 0) is 6.42 Å². The third kappa shape index (κ3) is 4.58. The molecule has 112 valence electrons. The van der Waals surface area contributed by atoms with E-state index in [1.165, 1.54) is 21.6 Å². The van der Waals surface area contributed by atoms with E-state index in [0.717, 1.165) is 23.6 Å². The fourth-order valence-corrected chi connectivity index (χ4v) is 3.39. The summed E-state index contributed by atoms with van der Waals surface area (Å²) in [6, 6.07) is 11.1. The second-order valence-corrected chi connectivity index (χ2v) is 6.76. The molecule has 1 unspecified atom stereocenters. The lowest BCUT2D eigenvalue weighted by molar-refractivity contribution is 0.646. The highest BCUT2D eigenvalue weighted by Crippen LogP contribution is 2.30. The standard InChI is InChI=1S/C18H24N2S/c1-5-16(19)11-15-6-7-17(13(3)10-15)21-18-9-12(2)8-14(4)20-18/h6-10,16H,5,11,19H2,1-4H3. The van der Waals surface area contributed by atoms with E-state index in [4.69, 9.17) is 5.73 Å². The van der Waals surface area contributed by atoms with Crippen molar-refractivity contribution in [2.24, 2.45) is 5.73 Å². The quantitative estimate of drug-likeness (QED) is 0.887. The molecule has 21 heavy (non-hydrogen) atoms. The molecule has 2 aromatic rings. The molecule has 0 aliphatic carbocycles. The van der Waals surface area contributed by atoms with Gasteiger partial charge in [0.05, 0.1) is 0 Å². The summed E-state index contributed by atoms with van der Waals surface area (Å²) in [4.78, 5) is 5.86. The predicted molar refractivity (Wildman–Crippen MR) is 91.0 cm³/mol. The number of hydrogen-bond acceptors (Lipinski definition) is 3. The fourth-order valence-electron chi connectivity index (χ4n) is 2.37. The predicted octanol–water partition coefficient (Wildman–Crippen LogP) is 4.44. The van der Waals surface area contributed by atoms with Crippen molar-refractivity contribution in [3.05, 3.63) is 52.7 Å². The molecule has 0 radical (unpaired) electrons. The van der Waals surface area contributed by atoms with E-state index in [1.807, 2.05) is 6.92 Å². The third-order valence-electron chi connectivity index (χ3n) is 3.55. The highest BCUT2D eigenvalue weighted by molar-refractivity contribution is 7.99. The summed E-state index contributed by atoms with van der Waals surface area (Å²) < 4.78 is 0. The first-order valence-electron chi connectivity index (χ1n) is 7.46. The number of nitrogens with two attached hydrogens (primary N) is 1. The van der Waals surface area contributed by atoms with Crippen LogP contribution in [0.25, 0.3) is 0 Å². The minimum absolute atomic E-state index is 0.254. The maximum atomic E-state index is 6.03. The van der Waals surface area contributed by atoms with Crippen LogP contribution in [0, 0.1) is 20.8 Å². The zero-order chi connectivity index (χ0) is 15.4. The summed E-state index contributed by atoms with van der Waals surface area (Å²) >= 11 is 1.73. The number of hydrogen-bond donors (Lipinski definition) is 1. The van der Waals surface area contributed by atoms with Crippen molar-refractivity contribution in [1.29, 1.82) is 0 Å². The van der Waals surface area contributed by atoms with Crippen LogP contribution in [0.2, 0.25) is 0 Å².